The third kappa shape index (κ3) is 5.53. The Morgan fingerprint density at radius 3 is 2.27 bits per heavy atom. The van der Waals surface area contributed by atoms with Crippen LogP contribution in [0.2, 0.25) is 0 Å². The Bertz CT molecular complexity index is 1830. The summed E-state index contributed by atoms with van der Waals surface area (Å²) in [5, 5.41) is 2.51. The largest absolute Gasteiger partial charge is 0.462 e. The quantitative estimate of drug-likeness (QED) is 0.198. The van der Waals surface area contributed by atoms with Gasteiger partial charge in [0.2, 0.25) is 17.7 Å². The Labute approximate surface area is 269 Å². The van der Waals surface area contributed by atoms with E-state index in [1.807, 2.05) is 43.3 Å². The highest BCUT2D eigenvalue weighted by Crippen LogP contribution is 2.54. The van der Waals surface area contributed by atoms with Gasteiger partial charge in [-0.1, -0.05) is 68.9 Å². The van der Waals surface area contributed by atoms with Crippen LogP contribution in [0.25, 0.3) is 0 Å². The second-order valence-electron chi connectivity index (χ2n) is 10.4. The van der Waals surface area contributed by atoms with E-state index in [4.69, 9.17) is 4.74 Å². The number of carbonyl (C=O) groups is 4. The van der Waals surface area contributed by atoms with Crippen LogP contribution in [0.1, 0.15) is 39.2 Å². The van der Waals surface area contributed by atoms with Gasteiger partial charge in [-0.3, -0.25) is 23.7 Å². The molecule has 1 N–H and O–H groups in total. The maximum Gasteiger partial charge on any atom is 0.338 e. The zero-order valence-corrected chi connectivity index (χ0v) is 26.8. The van der Waals surface area contributed by atoms with E-state index in [-0.39, 0.29) is 29.8 Å². The van der Waals surface area contributed by atoms with E-state index in [1.165, 1.54) is 16.7 Å². The number of anilines is 2. The van der Waals surface area contributed by atoms with Crippen molar-refractivity contribution in [2.24, 2.45) is 5.92 Å². The number of benzene rings is 3. The molecule has 0 radical (unpaired) electrons. The molecule has 3 aromatic carbocycles. The summed E-state index contributed by atoms with van der Waals surface area (Å²) < 4.78 is 7.29. The Morgan fingerprint density at radius 2 is 1.61 bits per heavy atom. The van der Waals surface area contributed by atoms with Crippen LogP contribution in [0.3, 0.4) is 0 Å². The van der Waals surface area contributed by atoms with Gasteiger partial charge in [-0.25, -0.2) is 9.69 Å². The van der Waals surface area contributed by atoms with Crippen molar-refractivity contribution in [3.8, 4) is 0 Å². The average molecular weight is 693 g/mol. The second kappa shape index (κ2) is 12.2. The van der Waals surface area contributed by atoms with Crippen molar-refractivity contribution in [1.29, 1.82) is 0 Å². The summed E-state index contributed by atoms with van der Waals surface area (Å²) in [6.45, 7) is 3.65. The average Bonchev–Trinajstić information content (AvgIpc) is 3.45. The van der Waals surface area contributed by atoms with Gasteiger partial charge < -0.3 is 10.1 Å². The predicted octanol–water partition coefficient (Wildman–Crippen LogP) is 5.59. The molecule has 224 valence electrons. The maximum absolute atomic E-state index is 14.1. The molecule has 2 aliphatic rings. The summed E-state index contributed by atoms with van der Waals surface area (Å²) in [5.74, 6) is -3.04. The highest BCUT2D eigenvalue weighted by Gasteiger charge is 2.56. The van der Waals surface area contributed by atoms with Crippen LogP contribution in [0.15, 0.2) is 87.1 Å². The van der Waals surface area contributed by atoms with Gasteiger partial charge in [0.1, 0.15) is 11.8 Å². The number of halogens is 1. The number of imide groups is 1. The van der Waals surface area contributed by atoms with E-state index in [2.05, 4.69) is 21.2 Å². The van der Waals surface area contributed by atoms with Crippen molar-refractivity contribution in [2.75, 3.05) is 16.8 Å². The summed E-state index contributed by atoms with van der Waals surface area (Å²) in [5.41, 5.74) is 3.10. The molecular formula is C32H26BrN3O6S2. The molecule has 3 amide bonds. The lowest BCUT2D eigenvalue weighted by molar-refractivity contribution is -0.122. The number of hydrogen-bond donors (Lipinski definition) is 1. The highest BCUT2D eigenvalue weighted by atomic mass is 79.9. The summed E-state index contributed by atoms with van der Waals surface area (Å²) in [7, 11) is 0. The van der Waals surface area contributed by atoms with Crippen molar-refractivity contribution in [1.82, 2.24) is 4.57 Å². The first-order valence-electron chi connectivity index (χ1n) is 13.8. The van der Waals surface area contributed by atoms with Crippen LogP contribution in [0.4, 0.5) is 11.4 Å². The Morgan fingerprint density at radius 1 is 0.932 bits per heavy atom. The van der Waals surface area contributed by atoms with Gasteiger partial charge in [-0.2, -0.15) is 0 Å². The number of aromatic nitrogens is 1. The lowest BCUT2D eigenvalue weighted by atomic mass is 9.83. The van der Waals surface area contributed by atoms with Crippen molar-refractivity contribution in [3.05, 3.63) is 109 Å². The SMILES string of the molecule is CCOC(=O)c1ccc(N2C(=O)C3Sc4c(sc(=O)n4CC(=O)Nc4ccc(C)cc4)[C@H](c4ccc(Br)cc4)C3C2=O)cc1. The minimum Gasteiger partial charge on any atom is -0.462 e. The van der Waals surface area contributed by atoms with Gasteiger partial charge in [0.05, 0.1) is 28.8 Å². The van der Waals surface area contributed by atoms with E-state index in [0.29, 0.717) is 26.8 Å². The van der Waals surface area contributed by atoms with E-state index in [1.54, 1.807) is 31.2 Å². The van der Waals surface area contributed by atoms with Crippen LogP contribution < -0.4 is 15.1 Å². The summed E-state index contributed by atoms with van der Waals surface area (Å²) in [6, 6.07) is 21.0. The zero-order chi connectivity index (χ0) is 31.1. The fourth-order valence-electron chi connectivity index (χ4n) is 5.48. The Kier molecular flexibility index (Phi) is 8.32. The molecule has 3 heterocycles. The maximum atomic E-state index is 14.1. The fraction of sp³-hybridized carbons (Fsp3) is 0.219. The molecule has 6 rings (SSSR count). The minimum atomic E-state index is -0.825. The van der Waals surface area contributed by atoms with E-state index in [9.17, 15) is 24.0 Å². The van der Waals surface area contributed by atoms with Gasteiger partial charge in [0.25, 0.3) is 0 Å². The van der Waals surface area contributed by atoms with Gasteiger partial charge in [0, 0.05) is 21.0 Å². The number of esters is 1. The third-order valence-electron chi connectivity index (χ3n) is 7.55. The number of nitrogens with one attached hydrogen (secondary N) is 1. The molecule has 0 bridgehead atoms. The van der Waals surface area contributed by atoms with Crippen molar-refractivity contribution >= 4 is 74.1 Å². The van der Waals surface area contributed by atoms with Crippen LogP contribution in [-0.4, -0.2) is 40.1 Å². The molecule has 0 aliphatic carbocycles. The van der Waals surface area contributed by atoms with Crippen molar-refractivity contribution in [2.45, 2.75) is 36.6 Å². The zero-order valence-electron chi connectivity index (χ0n) is 23.6. The van der Waals surface area contributed by atoms with Gasteiger partial charge in [-0.05, 0) is 67.9 Å². The number of hydrogen-bond acceptors (Lipinski definition) is 8. The molecule has 44 heavy (non-hydrogen) atoms. The van der Waals surface area contributed by atoms with Gasteiger partial charge in [-0.15, -0.1) is 0 Å². The van der Waals surface area contributed by atoms with Crippen LogP contribution >= 0.6 is 39.0 Å². The summed E-state index contributed by atoms with van der Waals surface area (Å²) in [6.07, 6.45) is 0. The van der Waals surface area contributed by atoms with Crippen LogP contribution in [-0.2, 0) is 25.7 Å². The molecule has 0 saturated carbocycles. The molecule has 9 nitrogen and oxygen atoms in total. The number of nitrogens with zero attached hydrogens (tertiary/aromatic N) is 2. The number of rotatable bonds is 7. The topological polar surface area (TPSA) is 115 Å². The molecule has 1 fully saturated rings. The molecule has 12 heteroatoms. The number of fused-ring (bicyclic) bond motifs is 2. The third-order valence-corrected chi connectivity index (χ3v) is 10.7. The number of aryl methyl sites for hydroxylation is 1. The Hall–Kier alpha value is -4.00. The fourth-order valence-corrected chi connectivity index (χ4v) is 8.52. The molecule has 2 unspecified atom stereocenters. The molecule has 1 saturated heterocycles. The first-order chi connectivity index (χ1) is 21.2. The predicted molar refractivity (Wildman–Crippen MR) is 172 cm³/mol. The first-order valence-corrected chi connectivity index (χ1v) is 16.3. The lowest BCUT2D eigenvalue weighted by Gasteiger charge is -2.30. The van der Waals surface area contributed by atoms with Crippen molar-refractivity contribution in [3.63, 3.8) is 0 Å². The highest BCUT2D eigenvalue weighted by molar-refractivity contribution is 9.10. The van der Waals surface area contributed by atoms with Crippen LogP contribution in [0, 0.1) is 12.8 Å². The van der Waals surface area contributed by atoms with E-state index >= 15 is 0 Å². The molecular weight excluding hydrogens is 666 g/mol. The number of amides is 3. The first kappa shape index (κ1) is 30.0. The molecule has 0 spiro atoms. The van der Waals surface area contributed by atoms with Crippen molar-refractivity contribution < 1.29 is 23.9 Å². The van der Waals surface area contributed by atoms with Gasteiger partial charge >= 0.3 is 10.8 Å². The number of thioether (sulfide) groups is 1. The number of carbonyl (C=O) groups excluding carboxylic acids is 4. The van der Waals surface area contributed by atoms with Gasteiger partial charge in [0.15, 0.2) is 0 Å². The van der Waals surface area contributed by atoms with E-state index in [0.717, 1.165) is 43.6 Å². The standard InChI is InChI=1S/C32H26BrN3O6S2/c1-3-42-31(40)19-8-14-22(15-9-19)36-28(38)25-24(18-6-10-20(33)11-7-18)27-30(43-26(25)29(36)39)35(32(41)44-27)16-23(37)34-21-12-4-17(2)5-13-21/h4-15,24-26H,3,16H2,1-2H3,(H,34,37)/t24-,25?,26?/m1/s1. The number of thiazole rings is 1. The van der Waals surface area contributed by atoms with E-state index < -0.39 is 29.0 Å². The lowest BCUT2D eigenvalue weighted by Crippen LogP contribution is -2.33. The molecule has 3 atom stereocenters. The normalized spacial score (nSPS) is 19.0. The molecule has 1 aromatic heterocycles. The van der Waals surface area contributed by atoms with Crippen LogP contribution in [0.5, 0.6) is 0 Å². The number of ether oxygens (including phenoxy) is 1. The molecule has 2 aliphatic heterocycles. The minimum absolute atomic E-state index is 0.227. The summed E-state index contributed by atoms with van der Waals surface area (Å²) in [4.78, 5) is 68.0. The molecule has 4 aromatic rings. The monoisotopic (exact) mass is 691 g/mol. The Balaban J connectivity index is 1.36. The summed E-state index contributed by atoms with van der Waals surface area (Å²) >= 11 is 5.60. The smallest absolute Gasteiger partial charge is 0.338 e. The second-order valence-corrected chi connectivity index (χ2v) is 13.4.